The van der Waals surface area contributed by atoms with Crippen LogP contribution in [-0.2, 0) is 14.4 Å². The van der Waals surface area contributed by atoms with Gasteiger partial charge in [-0.25, -0.2) is 20.1 Å². The first-order valence-electron chi connectivity index (χ1n) is 7.81. The van der Waals surface area contributed by atoms with Crippen LogP contribution in [0, 0.1) is 0 Å². The first-order chi connectivity index (χ1) is 11.2. The van der Waals surface area contributed by atoms with Crippen LogP contribution in [0.4, 0.5) is 9.59 Å². The van der Waals surface area contributed by atoms with E-state index in [4.69, 9.17) is 9.57 Å². The molecule has 10 heteroatoms. The van der Waals surface area contributed by atoms with Gasteiger partial charge >= 0.3 is 12.1 Å². The topological polar surface area (TPSA) is 120 Å². The van der Waals surface area contributed by atoms with Crippen molar-refractivity contribution in [2.75, 3.05) is 26.2 Å². The van der Waals surface area contributed by atoms with Gasteiger partial charge in [-0.05, 0) is 34.1 Å². The molecule has 1 rings (SSSR count). The zero-order valence-electron chi connectivity index (χ0n) is 14.5. The molecule has 1 aliphatic heterocycles. The van der Waals surface area contributed by atoms with Crippen LogP contribution in [0.25, 0.3) is 0 Å². The van der Waals surface area contributed by atoms with Crippen molar-refractivity contribution < 1.29 is 29.2 Å². The molecule has 1 aliphatic rings. The summed E-state index contributed by atoms with van der Waals surface area (Å²) in [5, 5.41) is 12.5. The van der Waals surface area contributed by atoms with Crippen molar-refractivity contribution in [3.8, 4) is 0 Å². The number of hydroxylamine groups is 3. The minimum Gasteiger partial charge on any atom is -0.444 e. The molecule has 0 saturated carbocycles. The number of amides is 4. The highest BCUT2D eigenvalue weighted by Crippen LogP contribution is 2.14. The highest BCUT2D eigenvalue weighted by atomic mass is 16.7. The van der Waals surface area contributed by atoms with Crippen molar-refractivity contribution in [1.82, 2.24) is 20.8 Å². The van der Waals surface area contributed by atoms with Gasteiger partial charge in [0.15, 0.2) is 0 Å². The molecule has 1 atom stereocenters. The van der Waals surface area contributed by atoms with Crippen LogP contribution >= 0.6 is 0 Å². The first kappa shape index (κ1) is 20.0. The molecule has 3 N–H and O–H groups in total. The van der Waals surface area contributed by atoms with Crippen LogP contribution in [0.3, 0.4) is 0 Å². The SMILES string of the molecule is CCN1C(=O)N(O)CCC1C(=O)NOCCNC(=O)OC(C)(C)C. The van der Waals surface area contributed by atoms with E-state index in [2.05, 4.69) is 10.8 Å². The molecule has 0 aliphatic carbocycles. The maximum Gasteiger partial charge on any atom is 0.407 e. The molecule has 1 unspecified atom stereocenters. The summed E-state index contributed by atoms with van der Waals surface area (Å²) in [6.07, 6.45) is -0.281. The Balaban J connectivity index is 2.29. The van der Waals surface area contributed by atoms with Crippen LogP contribution in [0.5, 0.6) is 0 Å². The molecule has 138 valence electrons. The summed E-state index contributed by atoms with van der Waals surface area (Å²) in [5.41, 5.74) is 1.66. The number of rotatable bonds is 6. The van der Waals surface area contributed by atoms with E-state index in [1.165, 1.54) is 4.90 Å². The number of likely N-dealkylation sites (N-methyl/N-ethyl adjacent to an activating group) is 1. The molecule has 0 spiro atoms. The molecule has 1 saturated heterocycles. The fraction of sp³-hybridized carbons (Fsp3) is 0.786. The number of alkyl carbamates (subject to hydrolysis) is 1. The lowest BCUT2D eigenvalue weighted by atomic mass is 10.1. The summed E-state index contributed by atoms with van der Waals surface area (Å²) >= 11 is 0. The van der Waals surface area contributed by atoms with E-state index >= 15 is 0 Å². The van der Waals surface area contributed by atoms with Crippen LogP contribution in [0.15, 0.2) is 0 Å². The third-order valence-corrected chi connectivity index (χ3v) is 3.15. The van der Waals surface area contributed by atoms with Gasteiger partial charge in [-0.2, -0.15) is 0 Å². The molecular formula is C14H26N4O6. The minimum absolute atomic E-state index is 0.0455. The zero-order chi connectivity index (χ0) is 18.3. The lowest BCUT2D eigenvalue weighted by molar-refractivity contribution is -0.143. The summed E-state index contributed by atoms with van der Waals surface area (Å²) in [6.45, 7) is 7.53. The number of nitrogens with one attached hydrogen (secondary N) is 2. The second kappa shape index (κ2) is 8.69. The van der Waals surface area contributed by atoms with Crippen LogP contribution in [0.2, 0.25) is 0 Å². The predicted octanol–water partition coefficient (Wildman–Crippen LogP) is 0.464. The Hall–Kier alpha value is -2.07. The molecule has 24 heavy (non-hydrogen) atoms. The molecule has 1 fully saturated rings. The average molecular weight is 346 g/mol. The second-order valence-electron chi connectivity index (χ2n) is 6.24. The van der Waals surface area contributed by atoms with Gasteiger partial charge in [0.2, 0.25) is 0 Å². The number of carbonyl (C=O) groups is 3. The largest absolute Gasteiger partial charge is 0.444 e. The Morgan fingerprint density at radius 3 is 2.62 bits per heavy atom. The van der Waals surface area contributed by atoms with E-state index in [1.54, 1.807) is 27.7 Å². The zero-order valence-corrected chi connectivity index (χ0v) is 14.5. The van der Waals surface area contributed by atoms with E-state index in [0.29, 0.717) is 11.5 Å². The summed E-state index contributed by atoms with van der Waals surface area (Å²) in [4.78, 5) is 41.5. The lowest BCUT2D eigenvalue weighted by Crippen LogP contribution is -2.58. The molecule has 4 amide bonds. The third kappa shape index (κ3) is 6.20. The van der Waals surface area contributed by atoms with E-state index in [9.17, 15) is 19.6 Å². The monoisotopic (exact) mass is 346 g/mol. The first-order valence-corrected chi connectivity index (χ1v) is 7.81. The Labute approximate surface area is 141 Å². The molecular weight excluding hydrogens is 320 g/mol. The summed E-state index contributed by atoms with van der Waals surface area (Å²) in [5.74, 6) is -0.476. The predicted molar refractivity (Wildman–Crippen MR) is 83.0 cm³/mol. The molecule has 1 heterocycles. The van der Waals surface area contributed by atoms with E-state index < -0.39 is 29.7 Å². The van der Waals surface area contributed by atoms with Gasteiger partial charge in [-0.15, -0.1) is 0 Å². The van der Waals surface area contributed by atoms with Gasteiger partial charge in [0.25, 0.3) is 5.91 Å². The summed E-state index contributed by atoms with van der Waals surface area (Å²) in [6, 6.07) is -1.32. The van der Waals surface area contributed by atoms with Gasteiger partial charge in [-0.1, -0.05) is 0 Å². The van der Waals surface area contributed by atoms with Crippen molar-refractivity contribution >= 4 is 18.0 Å². The Bertz CT molecular complexity index is 465. The molecule has 0 aromatic heterocycles. The van der Waals surface area contributed by atoms with Crippen molar-refractivity contribution in [2.45, 2.75) is 45.8 Å². The van der Waals surface area contributed by atoms with Gasteiger partial charge in [0.05, 0.1) is 13.2 Å². The van der Waals surface area contributed by atoms with Gasteiger partial charge in [0, 0.05) is 13.1 Å². The lowest BCUT2D eigenvalue weighted by Gasteiger charge is -2.36. The molecule has 0 aromatic carbocycles. The van der Waals surface area contributed by atoms with Crippen molar-refractivity contribution in [3.05, 3.63) is 0 Å². The molecule has 0 bridgehead atoms. The standard InChI is InChI=1S/C14H26N4O6/c1-5-17-10(6-8-18(22)13(17)21)11(19)16-23-9-7-15-12(20)24-14(2,3)4/h10,22H,5-9H2,1-4H3,(H,15,20)(H,16,19). The highest BCUT2D eigenvalue weighted by molar-refractivity contribution is 5.87. The summed E-state index contributed by atoms with van der Waals surface area (Å²) in [7, 11) is 0. The number of carbonyl (C=O) groups excluding carboxylic acids is 3. The molecule has 10 nitrogen and oxygen atoms in total. The minimum atomic E-state index is -0.704. The number of nitrogens with zero attached hydrogens (tertiary/aromatic N) is 2. The highest BCUT2D eigenvalue weighted by Gasteiger charge is 2.36. The van der Waals surface area contributed by atoms with E-state index in [1.807, 2.05) is 0 Å². The van der Waals surface area contributed by atoms with Crippen molar-refractivity contribution in [3.63, 3.8) is 0 Å². The fourth-order valence-electron chi connectivity index (χ4n) is 2.11. The maximum absolute atomic E-state index is 12.1. The Morgan fingerprint density at radius 1 is 1.38 bits per heavy atom. The van der Waals surface area contributed by atoms with E-state index in [-0.39, 0.29) is 26.2 Å². The Kier molecular flexibility index (Phi) is 7.23. The average Bonchev–Trinajstić information content (AvgIpc) is 2.47. The van der Waals surface area contributed by atoms with Crippen molar-refractivity contribution in [2.24, 2.45) is 0 Å². The third-order valence-electron chi connectivity index (χ3n) is 3.15. The number of ether oxygens (including phenoxy) is 1. The molecule has 0 radical (unpaired) electrons. The van der Waals surface area contributed by atoms with Crippen LogP contribution < -0.4 is 10.8 Å². The smallest absolute Gasteiger partial charge is 0.407 e. The van der Waals surface area contributed by atoms with Crippen molar-refractivity contribution in [1.29, 1.82) is 0 Å². The number of hydrogen-bond acceptors (Lipinski definition) is 6. The quantitative estimate of drug-likeness (QED) is 0.365. The second-order valence-corrected chi connectivity index (χ2v) is 6.24. The maximum atomic E-state index is 12.1. The van der Waals surface area contributed by atoms with Gasteiger partial charge < -0.3 is 15.0 Å². The van der Waals surface area contributed by atoms with E-state index in [0.717, 1.165) is 0 Å². The van der Waals surface area contributed by atoms with Crippen LogP contribution in [0.1, 0.15) is 34.1 Å². The Morgan fingerprint density at radius 2 is 2.04 bits per heavy atom. The summed E-state index contributed by atoms with van der Waals surface area (Å²) < 4.78 is 5.05. The molecule has 0 aromatic rings. The number of urea groups is 1. The van der Waals surface area contributed by atoms with Gasteiger partial charge in [-0.3, -0.25) is 14.8 Å². The number of hydrogen-bond donors (Lipinski definition) is 3. The van der Waals surface area contributed by atoms with Crippen LogP contribution in [-0.4, -0.2) is 71.1 Å². The fourth-order valence-corrected chi connectivity index (χ4v) is 2.11. The normalized spacial score (nSPS) is 18.4. The van der Waals surface area contributed by atoms with Gasteiger partial charge in [0.1, 0.15) is 11.6 Å².